The highest BCUT2D eigenvalue weighted by atomic mass is 35.5. The van der Waals surface area contributed by atoms with Crippen LogP contribution in [0, 0.1) is 68.0 Å². The highest BCUT2D eigenvalue weighted by Gasteiger charge is 2.67. The Morgan fingerprint density at radius 2 is 0.942 bits per heavy atom. The molecule has 0 aromatic heterocycles. The van der Waals surface area contributed by atoms with Crippen LogP contribution in [-0.2, 0) is 73.4 Å². The summed E-state index contributed by atoms with van der Waals surface area (Å²) >= 11 is 6.20. The van der Waals surface area contributed by atoms with E-state index < -0.39 is 111 Å². The average molecular weight is 1040 g/mol. The van der Waals surface area contributed by atoms with E-state index >= 15 is 0 Å². The van der Waals surface area contributed by atoms with Crippen LogP contribution < -0.4 is 4.90 Å². The molecule has 4 fully saturated rings. The van der Waals surface area contributed by atoms with Crippen molar-refractivity contribution >= 4 is 40.8 Å². The van der Waals surface area contributed by atoms with Crippen molar-refractivity contribution in [2.45, 2.75) is 132 Å². The summed E-state index contributed by atoms with van der Waals surface area (Å²) in [4.78, 5) is 2.06. The van der Waals surface area contributed by atoms with Gasteiger partial charge in [0.05, 0.1) is 115 Å². The fraction of sp³-hybridized carbons (Fsp3) is 0.714. The zero-order valence-electron chi connectivity index (χ0n) is 38.0. The molecule has 2 saturated carbocycles. The van der Waals surface area contributed by atoms with E-state index in [1.165, 1.54) is 0 Å². The maximum atomic E-state index is 15.0. The number of phosphoric acid groups is 3. The van der Waals surface area contributed by atoms with E-state index in [0.717, 1.165) is 5.69 Å². The minimum Gasteiger partial charge on any atom is -0.371 e. The number of rotatable bonds is 29. The van der Waals surface area contributed by atoms with Crippen molar-refractivity contribution < 1.29 is 73.4 Å². The van der Waals surface area contributed by atoms with Gasteiger partial charge in [0.25, 0.3) is 0 Å². The normalized spacial score (nSPS) is 24.0. The van der Waals surface area contributed by atoms with Crippen LogP contribution in [0.1, 0.15) is 84.0 Å². The van der Waals surface area contributed by atoms with Gasteiger partial charge >= 0.3 is 23.5 Å². The Hall–Kier alpha value is -3.58. The molecule has 0 unspecified atom stereocenters. The number of anilines is 1. The van der Waals surface area contributed by atoms with Crippen molar-refractivity contribution in [3.8, 4) is 36.4 Å². The van der Waals surface area contributed by atoms with Gasteiger partial charge in [-0.15, -0.1) is 0 Å². The van der Waals surface area contributed by atoms with E-state index in [9.17, 15) is 45.3 Å². The first-order valence-corrected chi connectivity index (χ1v) is 27.2. The number of benzene rings is 1. The third kappa shape index (κ3) is 16.0. The Labute approximate surface area is 406 Å². The molecule has 0 bridgehead atoms. The number of piperidine rings is 1. The second-order valence-electron chi connectivity index (χ2n) is 15.7. The molecule has 0 radical (unpaired) electrons. The molecule has 1 aromatic rings. The lowest BCUT2D eigenvalue weighted by Crippen LogP contribution is -2.67. The monoisotopic (exact) mass is 1040 g/mol. The lowest BCUT2D eigenvalue weighted by molar-refractivity contribution is -0.311. The molecule has 69 heavy (non-hydrogen) atoms. The molecule has 376 valence electrons. The summed E-state index contributed by atoms with van der Waals surface area (Å²) in [6, 6.07) is 18.5. The summed E-state index contributed by atoms with van der Waals surface area (Å²) in [5, 5.41) is 56.9. The standard InChI is InChI=1S/C42H55ClN7O16P3/c1-2-54-41(17-25-50(26-18-41)34-13-11-33(43)12-14-34)61-37-38(64-67(51,55-27-5-19-44)56-28-6-20-45)35-36(63-42(62-35)15-3-4-16-42)39(65-68(52,57-29-7-21-46)58-30-8-22-47)40(37)66-69(53,59-31-9-23-48)60-32-10-24-49/h11-14,35-40H,2-10,15-18,25-32H2,1H3/t35-,36+,37+,38-,39-,40-/m1/s1. The van der Waals surface area contributed by atoms with Crippen LogP contribution in [-0.4, -0.2) is 108 Å². The van der Waals surface area contributed by atoms with Crippen LogP contribution in [0.5, 0.6) is 0 Å². The van der Waals surface area contributed by atoms with Crippen molar-refractivity contribution in [2.24, 2.45) is 0 Å². The van der Waals surface area contributed by atoms with Crippen molar-refractivity contribution in [1.82, 2.24) is 0 Å². The Morgan fingerprint density at radius 3 is 1.30 bits per heavy atom. The zero-order valence-corrected chi connectivity index (χ0v) is 41.4. The van der Waals surface area contributed by atoms with Gasteiger partial charge in [-0.25, -0.2) is 13.7 Å². The molecule has 1 spiro atoms. The molecule has 23 nitrogen and oxygen atoms in total. The number of halogens is 1. The summed E-state index contributed by atoms with van der Waals surface area (Å²) < 4.78 is 125. The molecule has 0 N–H and O–H groups in total. The van der Waals surface area contributed by atoms with Crippen LogP contribution in [0.3, 0.4) is 0 Å². The minimum absolute atomic E-state index is 0.0775. The SMILES string of the molecule is CCOC1(O[C@@H]2[C@@H](OP(=O)(OCCC#N)OCCC#N)[C@H](OP(=O)(OCCC#N)OCCC#N)[C@H]3OC4(CCCC4)O[C@H]3[C@H]2OP(=O)(OCCC#N)OCCC#N)CCN(c2ccc(Cl)cc2)CC1. The first kappa shape index (κ1) is 56.3. The van der Waals surface area contributed by atoms with Crippen LogP contribution in [0.2, 0.25) is 5.02 Å². The second-order valence-corrected chi connectivity index (χ2v) is 21.0. The molecular formula is C42H55ClN7O16P3. The predicted molar refractivity (Wildman–Crippen MR) is 238 cm³/mol. The van der Waals surface area contributed by atoms with E-state index in [1.807, 2.05) is 48.5 Å². The Morgan fingerprint density at radius 1 is 0.580 bits per heavy atom. The summed E-state index contributed by atoms with van der Waals surface area (Å²) in [6.45, 7) is -0.429. The number of phosphoric ester groups is 3. The fourth-order valence-electron chi connectivity index (χ4n) is 8.08. The molecule has 0 amide bonds. The number of hydrogen-bond donors (Lipinski definition) is 0. The number of nitrogens with zero attached hydrogens (tertiary/aromatic N) is 7. The Bertz CT molecular complexity index is 2160. The van der Waals surface area contributed by atoms with Gasteiger partial charge in [0.2, 0.25) is 0 Å². The van der Waals surface area contributed by atoms with Crippen LogP contribution in [0.15, 0.2) is 24.3 Å². The number of hydrogen-bond acceptors (Lipinski definition) is 23. The fourth-order valence-corrected chi connectivity index (χ4v) is 12.3. The molecule has 2 aliphatic carbocycles. The first-order valence-electron chi connectivity index (χ1n) is 22.4. The van der Waals surface area contributed by atoms with E-state index in [1.54, 1.807) is 19.1 Å². The van der Waals surface area contributed by atoms with Crippen LogP contribution in [0.4, 0.5) is 5.69 Å². The minimum atomic E-state index is -5.01. The highest BCUT2D eigenvalue weighted by molar-refractivity contribution is 7.49. The molecular weight excluding hydrogens is 987 g/mol. The first-order chi connectivity index (χ1) is 33.3. The maximum absolute atomic E-state index is 15.0. The Balaban J connectivity index is 1.74. The summed E-state index contributed by atoms with van der Waals surface area (Å²) in [7, 11) is -14.8. The largest absolute Gasteiger partial charge is 0.475 e. The summed E-state index contributed by atoms with van der Waals surface area (Å²) in [5.74, 6) is -2.96. The van der Waals surface area contributed by atoms with Crippen molar-refractivity contribution in [3.63, 3.8) is 0 Å². The van der Waals surface area contributed by atoms with E-state index in [4.69, 9.17) is 71.3 Å². The predicted octanol–water partition coefficient (Wildman–Crippen LogP) is 8.19. The van der Waals surface area contributed by atoms with Gasteiger partial charge in [0.1, 0.15) is 36.6 Å². The quantitative estimate of drug-likeness (QED) is 0.0414. The number of fused-ring (bicyclic) bond motifs is 1. The third-order valence-corrected chi connectivity index (χ3v) is 15.8. The molecule has 2 heterocycles. The number of nitriles is 6. The molecule has 1 aromatic carbocycles. The van der Waals surface area contributed by atoms with Crippen molar-refractivity contribution in [1.29, 1.82) is 31.6 Å². The Kier molecular flexibility index (Phi) is 22.3. The second kappa shape index (κ2) is 27.3. The smallest absolute Gasteiger partial charge is 0.371 e. The maximum Gasteiger partial charge on any atom is 0.475 e. The van der Waals surface area contributed by atoms with Gasteiger partial charge in [0, 0.05) is 56.1 Å². The average Bonchev–Trinajstić information content (AvgIpc) is 3.96. The van der Waals surface area contributed by atoms with Gasteiger partial charge in [-0.05, 0) is 44.0 Å². The topological polar surface area (TPSA) is 317 Å². The van der Waals surface area contributed by atoms with E-state index in [-0.39, 0.29) is 58.0 Å². The molecule has 2 saturated heterocycles. The van der Waals surface area contributed by atoms with Crippen molar-refractivity contribution in [2.75, 3.05) is 64.2 Å². The zero-order chi connectivity index (χ0) is 49.8. The highest BCUT2D eigenvalue weighted by Crippen LogP contribution is 2.62. The lowest BCUT2D eigenvalue weighted by Gasteiger charge is -2.51. The third-order valence-electron chi connectivity index (χ3n) is 11.0. The van der Waals surface area contributed by atoms with Gasteiger partial charge in [-0.2, -0.15) is 31.6 Å². The summed E-state index contributed by atoms with van der Waals surface area (Å²) in [5.41, 5.74) is 0.845. The van der Waals surface area contributed by atoms with Gasteiger partial charge < -0.3 is 23.8 Å². The lowest BCUT2D eigenvalue weighted by atomic mass is 9.84. The summed E-state index contributed by atoms with van der Waals surface area (Å²) in [6.07, 6.45) is -9.77. The molecule has 4 aliphatic rings. The van der Waals surface area contributed by atoms with E-state index in [2.05, 4.69) is 4.90 Å². The van der Waals surface area contributed by atoms with Gasteiger partial charge in [0.15, 0.2) is 11.6 Å². The van der Waals surface area contributed by atoms with Crippen LogP contribution in [0.25, 0.3) is 0 Å². The van der Waals surface area contributed by atoms with Gasteiger partial charge in [-0.3, -0.25) is 40.7 Å². The number of ether oxygens (including phenoxy) is 4. The molecule has 27 heteroatoms. The van der Waals surface area contributed by atoms with Crippen molar-refractivity contribution in [3.05, 3.63) is 29.3 Å². The van der Waals surface area contributed by atoms with Gasteiger partial charge in [-0.1, -0.05) is 11.6 Å². The molecule has 5 rings (SSSR count). The van der Waals surface area contributed by atoms with E-state index in [0.29, 0.717) is 43.8 Å². The molecule has 6 atom stereocenters. The molecule has 2 aliphatic heterocycles. The van der Waals surface area contributed by atoms with Crippen LogP contribution >= 0.6 is 35.1 Å².